The zero-order valence-electron chi connectivity index (χ0n) is 10.3. The fraction of sp³-hybridized carbons (Fsp3) is 0. The Balaban J connectivity index is 2.74. The Kier molecular flexibility index (Phi) is 3.85. The molecule has 2 aromatic rings. The third-order valence-corrected chi connectivity index (χ3v) is 2.68. The largest absolute Gasteiger partial charge is 0.353 e. The molecule has 0 fully saturated rings. The van der Waals surface area contributed by atoms with E-state index >= 15 is 0 Å². The summed E-state index contributed by atoms with van der Waals surface area (Å²) in [5, 5.41) is 22.5. The molecule has 0 bridgehead atoms. The summed E-state index contributed by atoms with van der Waals surface area (Å²) in [7, 11) is 0. The summed E-state index contributed by atoms with van der Waals surface area (Å²) < 4.78 is 0. The van der Waals surface area contributed by atoms with E-state index in [0.717, 1.165) is 0 Å². The molecule has 100 valence electrons. The molecule has 0 radical (unpaired) electrons. The minimum absolute atomic E-state index is 0.202. The van der Waals surface area contributed by atoms with Gasteiger partial charge >= 0.3 is 11.4 Å². The van der Waals surface area contributed by atoms with Gasteiger partial charge in [0.2, 0.25) is 0 Å². The predicted molar refractivity (Wildman–Crippen MR) is 73.7 cm³/mol. The zero-order valence-corrected chi connectivity index (χ0v) is 10.3. The van der Waals surface area contributed by atoms with Crippen LogP contribution in [0.3, 0.4) is 0 Å². The van der Waals surface area contributed by atoms with Crippen molar-refractivity contribution in [2.24, 2.45) is 0 Å². The topological polar surface area (TPSA) is 86.3 Å². The van der Waals surface area contributed by atoms with Gasteiger partial charge < -0.3 is 0 Å². The van der Waals surface area contributed by atoms with E-state index < -0.39 is 21.2 Å². The third-order valence-electron chi connectivity index (χ3n) is 2.68. The molecule has 6 nitrogen and oxygen atoms in total. The number of nitro groups is 2. The number of nitrogens with zero attached hydrogens (tertiary/aromatic N) is 2. The maximum absolute atomic E-state index is 11.3. The molecule has 6 heteroatoms. The van der Waals surface area contributed by atoms with Crippen molar-refractivity contribution in [3.63, 3.8) is 0 Å². The number of rotatable bonds is 4. The van der Waals surface area contributed by atoms with Gasteiger partial charge in [-0.1, -0.05) is 36.4 Å². The lowest BCUT2D eigenvalue weighted by Crippen LogP contribution is -2.08. The zero-order chi connectivity index (χ0) is 14.5. The Bertz CT molecular complexity index is 607. The fourth-order valence-corrected chi connectivity index (χ4v) is 1.85. The van der Waals surface area contributed by atoms with E-state index in [9.17, 15) is 20.2 Å². The van der Waals surface area contributed by atoms with Gasteiger partial charge in [0.05, 0.1) is 21.0 Å². The van der Waals surface area contributed by atoms with Crippen molar-refractivity contribution in [2.45, 2.75) is 0 Å². The van der Waals surface area contributed by atoms with Crippen molar-refractivity contribution in [1.82, 2.24) is 0 Å². The van der Waals surface area contributed by atoms with Crippen molar-refractivity contribution in [2.75, 3.05) is 0 Å². The van der Waals surface area contributed by atoms with Crippen molar-refractivity contribution >= 4 is 11.4 Å². The van der Waals surface area contributed by atoms with E-state index in [1.54, 1.807) is 36.4 Å². The molecule has 0 aliphatic carbocycles. The minimum atomic E-state index is -0.722. The Morgan fingerprint density at radius 2 is 0.950 bits per heavy atom. The van der Waals surface area contributed by atoms with E-state index in [-0.39, 0.29) is 11.1 Å². The second kappa shape index (κ2) is 5.75. The van der Waals surface area contributed by atoms with Crippen LogP contribution in [-0.4, -0.2) is 9.85 Å². The van der Waals surface area contributed by atoms with Crippen LogP contribution in [0.5, 0.6) is 0 Å². The van der Waals surface area contributed by atoms with Crippen LogP contribution < -0.4 is 0 Å². The van der Waals surface area contributed by atoms with Gasteiger partial charge in [0.25, 0.3) is 0 Å². The summed E-state index contributed by atoms with van der Waals surface area (Å²) in [5.41, 5.74) is -0.621. The Labute approximate surface area is 114 Å². The van der Waals surface area contributed by atoms with Gasteiger partial charge in [0.1, 0.15) is 0 Å². The summed E-state index contributed by atoms with van der Waals surface area (Å²) in [6, 6.07) is 15.7. The van der Waals surface area contributed by atoms with Gasteiger partial charge in [0, 0.05) is 0 Å². The second-order valence-corrected chi connectivity index (χ2v) is 3.94. The fourth-order valence-electron chi connectivity index (χ4n) is 1.85. The molecule has 0 aromatic heterocycles. The summed E-state index contributed by atoms with van der Waals surface area (Å²) in [5.74, 6) is 0. The van der Waals surface area contributed by atoms with Gasteiger partial charge in [-0.2, -0.15) is 0 Å². The van der Waals surface area contributed by atoms with Crippen molar-refractivity contribution in [1.29, 1.82) is 0 Å². The van der Waals surface area contributed by atoms with Gasteiger partial charge in [-0.15, -0.1) is 0 Å². The molecule has 0 atom stereocenters. The summed E-state index contributed by atoms with van der Waals surface area (Å²) in [4.78, 5) is 21.1. The first-order valence-electron chi connectivity index (χ1n) is 5.75. The maximum Gasteiger partial charge on any atom is 0.353 e. The van der Waals surface area contributed by atoms with Crippen molar-refractivity contribution in [3.8, 4) is 0 Å². The Hall–Kier alpha value is -3.02. The van der Waals surface area contributed by atoms with Crippen LogP contribution in [-0.2, 0) is 0 Å². The monoisotopic (exact) mass is 270 g/mol. The number of hydrogen-bond acceptors (Lipinski definition) is 4. The number of benzene rings is 2. The first-order chi connectivity index (χ1) is 9.61. The van der Waals surface area contributed by atoms with Crippen LogP contribution in [0.25, 0.3) is 11.4 Å². The molecule has 0 spiro atoms. The van der Waals surface area contributed by atoms with Crippen LogP contribution in [0.2, 0.25) is 0 Å². The average Bonchev–Trinajstić information content (AvgIpc) is 2.45. The summed E-state index contributed by atoms with van der Waals surface area (Å²) in [6.07, 6.45) is 0. The standard InChI is InChI=1S/C14H10N2O4/c17-15(18)13(11-7-3-1-4-8-11)14(16(19)20)12-9-5-2-6-10-12/h1-10H. The van der Waals surface area contributed by atoms with Gasteiger partial charge in [-0.05, 0) is 24.3 Å². The second-order valence-electron chi connectivity index (χ2n) is 3.94. The lowest BCUT2D eigenvalue weighted by atomic mass is 10.1. The van der Waals surface area contributed by atoms with Crippen LogP contribution in [0.4, 0.5) is 0 Å². The molecule has 0 saturated carbocycles. The Morgan fingerprint density at radius 1 is 0.650 bits per heavy atom. The van der Waals surface area contributed by atoms with Crippen LogP contribution >= 0.6 is 0 Å². The highest BCUT2D eigenvalue weighted by molar-refractivity contribution is 5.82. The van der Waals surface area contributed by atoms with E-state index in [1.807, 2.05) is 0 Å². The molecule has 0 aliphatic heterocycles. The lowest BCUT2D eigenvalue weighted by molar-refractivity contribution is -0.406. The van der Waals surface area contributed by atoms with Gasteiger partial charge in [0.15, 0.2) is 0 Å². The smallest absolute Gasteiger partial charge is 0.258 e. The quantitative estimate of drug-likeness (QED) is 0.485. The van der Waals surface area contributed by atoms with Gasteiger partial charge in [-0.25, -0.2) is 0 Å². The summed E-state index contributed by atoms with van der Waals surface area (Å²) >= 11 is 0. The number of hydrogen-bond donors (Lipinski definition) is 0. The molecule has 0 N–H and O–H groups in total. The molecular weight excluding hydrogens is 260 g/mol. The van der Waals surface area contributed by atoms with Crippen molar-refractivity contribution in [3.05, 3.63) is 92.0 Å². The third kappa shape index (κ3) is 2.69. The van der Waals surface area contributed by atoms with Gasteiger partial charge in [-0.3, -0.25) is 20.2 Å². The average molecular weight is 270 g/mol. The minimum Gasteiger partial charge on any atom is -0.258 e. The molecule has 0 aliphatic rings. The normalized spacial score (nSPS) is 11.6. The molecular formula is C14H10N2O4. The highest BCUT2D eigenvalue weighted by Crippen LogP contribution is 2.27. The predicted octanol–water partition coefficient (Wildman–Crippen LogP) is 3.07. The highest BCUT2D eigenvalue weighted by atomic mass is 16.6. The van der Waals surface area contributed by atoms with E-state index in [0.29, 0.717) is 0 Å². The van der Waals surface area contributed by atoms with E-state index in [2.05, 4.69) is 0 Å². The SMILES string of the molecule is O=[N+]([O-])C(=C(c1ccccc1)[N+](=O)[O-])c1ccccc1. The first-order valence-corrected chi connectivity index (χ1v) is 5.75. The molecule has 0 heterocycles. The molecule has 0 saturated heterocycles. The van der Waals surface area contributed by atoms with E-state index in [1.165, 1.54) is 24.3 Å². The lowest BCUT2D eigenvalue weighted by Gasteiger charge is -2.02. The van der Waals surface area contributed by atoms with Crippen LogP contribution in [0.1, 0.15) is 11.1 Å². The summed E-state index contributed by atoms with van der Waals surface area (Å²) in [6.45, 7) is 0. The highest BCUT2D eigenvalue weighted by Gasteiger charge is 2.31. The maximum atomic E-state index is 11.3. The van der Waals surface area contributed by atoms with Crippen LogP contribution in [0.15, 0.2) is 60.7 Å². The Morgan fingerprint density at radius 3 is 1.20 bits per heavy atom. The molecule has 0 unspecified atom stereocenters. The first kappa shape index (κ1) is 13.4. The van der Waals surface area contributed by atoms with Crippen LogP contribution in [0, 0.1) is 20.2 Å². The molecule has 20 heavy (non-hydrogen) atoms. The molecule has 2 rings (SSSR count). The molecule has 0 amide bonds. The van der Waals surface area contributed by atoms with E-state index in [4.69, 9.17) is 0 Å². The van der Waals surface area contributed by atoms with Crippen molar-refractivity contribution < 1.29 is 9.85 Å². The molecule has 2 aromatic carbocycles.